The van der Waals surface area contributed by atoms with Crippen molar-refractivity contribution in [3.05, 3.63) is 71.9 Å². The van der Waals surface area contributed by atoms with E-state index in [1.807, 2.05) is 30.3 Å². The van der Waals surface area contributed by atoms with Crippen LogP contribution in [0, 0.1) is 0 Å². The van der Waals surface area contributed by atoms with Crippen LogP contribution in [0.1, 0.15) is 10.5 Å². The summed E-state index contributed by atoms with van der Waals surface area (Å²) in [5, 5.41) is 9.31. The van der Waals surface area contributed by atoms with E-state index in [0.29, 0.717) is 22.3 Å². The molecule has 4 aromatic rings. The Morgan fingerprint density at radius 2 is 1.81 bits per heavy atom. The maximum absolute atomic E-state index is 12.8. The highest BCUT2D eigenvalue weighted by atomic mass is 32.2. The summed E-state index contributed by atoms with van der Waals surface area (Å²) in [4.78, 5) is 17.2. The van der Waals surface area contributed by atoms with Crippen LogP contribution in [0.5, 0.6) is 5.75 Å². The number of thiazole rings is 1. The summed E-state index contributed by atoms with van der Waals surface area (Å²) in [6.45, 7) is 0. The van der Waals surface area contributed by atoms with Crippen molar-refractivity contribution in [2.24, 2.45) is 0 Å². The van der Waals surface area contributed by atoms with E-state index in [0.717, 1.165) is 17.5 Å². The van der Waals surface area contributed by atoms with Gasteiger partial charge in [-0.3, -0.25) is 14.8 Å². The number of para-hydroxylation sites is 1. The first-order chi connectivity index (χ1) is 15.3. The number of nitrogens with zero attached hydrogens (tertiary/aromatic N) is 3. The van der Waals surface area contributed by atoms with Crippen LogP contribution in [0.3, 0.4) is 0 Å². The van der Waals surface area contributed by atoms with E-state index in [9.17, 15) is 13.2 Å². The molecule has 0 aliphatic heterocycles. The van der Waals surface area contributed by atoms with E-state index in [1.54, 1.807) is 40.5 Å². The molecule has 0 saturated carbocycles. The molecule has 4 rings (SSSR count). The lowest BCUT2D eigenvalue weighted by Crippen LogP contribution is -2.14. The maximum atomic E-state index is 12.8. The molecule has 2 heterocycles. The first-order valence-electron chi connectivity index (χ1n) is 9.36. The number of rotatable bonds is 7. The van der Waals surface area contributed by atoms with Crippen LogP contribution in [0.2, 0.25) is 0 Å². The lowest BCUT2D eigenvalue weighted by atomic mass is 10.1. The van der Waals surface area contributed by atoms with Gasteiger partial charge in [0.1, 0.15) is 0 Å². The van der Waals surface area contributed by atoms with Gasteiger partial charge in [-0.05, 0) is 24.3 Å². The average Bonchev–Trinajstić information content (AvgIpc) is 3.41. The monoisotopic (exact) mass is 469 g/mol. The highest BCUT2D eigenvalue weighted by Gasteiger charge is 2.20. The number of nitrogens with one attached hydrogen (secondary N) is 2. The van der Waals surface area contributed by atoms with Gasteiger partial charge in [-0.25, -0.2) is 18.1 Å². The molecule has 0 aliphatic carbocycles. The van der Waals surface area contributed by atoms with E-state index in [4.69, 9.17) is 4.74 Å². The molecule has 0 atom stereocenters. The lowest BCUT2D eigenvalue weighted by Gasteiger charge is -2.04. The third kappa shape index (κ3) is 4.95. The van der Waals surface area contributed by atoms with Crippen molar-refractivity contribution in [2.75, 3.05) is 23.4 Å². The van der Waals surface area contributed by atoms with Gasteiger partial charge in [-0.2, -0.15) is 5.10 Å². The average molecular weight is 470 g/mol. The highest BCUT2D eigenvalue weighted by Crippen LogP contribution is 2.27. The molecular formula is C21H19N5O4S2. The van der Waals surface area contributed by atoms with Gasteiger partial charge in [-0.15, -0.1) is 11.3 Å². The van der Waals surface area contributed by atoms with Gasteiger partial charge >= 0.3 is 0 Å². The van der Waals surface area contributed by atoms with Gasteiger partial charge in [0, 0.05) is 16.6 Å². The Morgan fingerprint density at radius 3 is 2.47 bits per heavy atom. The summed E-state index contributed by atoms with van der Waals surface area (Å²) < 4.78 is 32.0. The zero-order chi connectivity index (χ0) is 22.7. The Balaban J connectivity index is 1.50. The first-order valence-corrected chi connectivity index (χ1v) is 12.1. The fraction of sp³-hybridized carbons (Fsp3) is 0.0952. The number of carbonyl (C=O) groups excluding carboxylic acids is 1. The third-order valence-electron chi connectivity index (χ3n) is 4.34. The molecule has 0 radical (unpaired) electrons. The molecule has 2 aromatic carbocycles. The van der Waals surface area contributed by atoms with Gasteiger partial charge in [0.25, 0.3) is 5.91 Å². The molecule has 0 fully saturated rings. The van der Waals surface area contributed by atoms with Crippen LogP contribution < -0.4 is 14.8 Å². The standard InChI is InChI=1S/C21H19N5O4S2/c1-30-18-12-26(16-6-4-3-5-7-16)24-19(18)20(27)23-21-22-17(13-31-21)14-8-10-15(11-9-14)25-32(2,28)29/h3-13,25H,1-2H3,(H,22,23,27). The quantitative estimate of drug-likeness (QED) is 0.427. The summed E-state index contributed by atoms with van der Waals surface area (Å²) in [5.74, 6) is -0.0952. The van der Waals surface area contributed by atoms with Crippen LogP contribution in [0.4, 0.5) is 10.8 Å². The largest absolute Gasteiger partial charge is 0.493 e. The predicted molar refractivity (Wildman–Crippen MR) is 124 cm³/mol. The number of sulfonamides is 1. The minimum absolute atomic E-state index is 0.143. The number of carbonyl (C=O) groups is 1. The van der Waals surface area contributed by atoms with Crippen molar-refractivity contribution < 1.29 is 17.9 Å². The molecule has 32 heavy (non-hydrogen) atoms. The van der Waals surface area contributed by atoms with E-state index in [-0.39, 0.29) is 5.69 Å². The van der Waals surface area contributed by atoms with Crippen LogP contribution >= 0.6 is 11.3 Å². The second-order valence-electron chi connectivity index (χ2n) is 6.77. The number of hydrogen-bond donors (Lipinski definition) is 2. The molecule has 2 aromatic heterocycles. The number of amides is 1. The summed E-state index contributed by atoms with van der Waals surface area (Å²) in [6.07, 6.45) is 2.73. The normalized spacial score (nSPS) is 11.2. The van der Waals surface area contributed by atoms with Crippen molar-refractivity contribution in [1.29, 1.82) is 0 Å². The Morgan fingerprint density at radius 1 is 1.09 bits per heavy atom. The minimum atomic E-state index is -3.34. The van der Waals surface area contributed by atoms with Gasteiger partial charge in [0.05, 0.1) is 30.9 Å². The van der Waals surface area contributed by atoms with Crippen molar-refractivity contribution in [1.82, 2.24) is 14.8 Å². The molecule has 11 heteroatoms. The van der Waals surface area contributed by atoms with Gasteiger partial charge in [-0.1, -0.05) is 30.3 Å². The number of hydrogen-bond acceptors (Lipinski definition) is 7. The van der Waals surface area contributed by atoms with Crippen LogP contribution in [-0.4, -0.2) is 42.5 Å². The Bertz CT molecular complexity index is 1350. The molecule has 0 aliphatic rings. The van der Waals surface area contributed by atoms with Crippen LogP contribution in [0.25, 0.3) is 16.9 Å². The molecule has 0 spiro atoms. The number of ether oxygens (including phenoxy) is 1. The molecule has 0 bridgehead atoms. The number of methoxy groups -OCH3 is 1. The molecule has 2 N–H and O–H groups in total. The molecular weight excluding hydrogens is 450 g/mol. The number of anilines is 2. The fourth-order valence-electron chi connectivity index (χ4n) is 2.92. The third-order valence-corrected chi connectivity index (χ3v) is 5.71. The molecule has 0 saturated heterocycles. The summed E-state index contributed by atoms with van der Waals surface area (Å²) in [5.41, 5.74) is 2.84. The van der Waals surface area contributed by atoms with E-state index >= 15 is 0 Å². The molecule has 164 valence electrons. The van der Waals surface area contributed by atoms with Crippen molar-refractivity contribution >= 4 is 38.1 Å². The molecule has 0 unspecified atom stereocenters. The summed E-state index contributed by atoms with van der Waals surface area (Å²) >= 11 is 1.27. The van der Waals surface area contributed by atoms with Crippen molar-refractivity contribution in [2.45, 2.75) is 0 Å². The fourth-order valence-corrected chi connectivity index (χ4v) is 4.20. The van der Waals surface area contributed by atoms with Crippen molar-refractivity contribution in [3.8, 4) is 22.7 Å². The van der Waals surface area contributed by atoms with E-state index in [1.165, 1.54) is 18.4 Å². The van der Waals surface area contributed by atoms with E-state index in [2.05, 4.69) is 20.1 Å². The molecule has 9 nitrogen and oxygen atoms in total. The Labute approximate surface area is 188 Å². The van der Waals surface area contributed by atoms with Crippen LogP contribution in [0.15, 0.2) is 66.2 Å². The Kier molecular flexibility index (Phi) is 5.93. The smallest absolute Gasteiger partial charge is 0.281 e. The predicted octanol–water partition coefficient (Wildman–Crippen LogP) is 3.63. The topological polar surface area (TPSA) is 115 Å². The maximum Gasteiger partial charge on any atom is 0.281 e. The van der Waals surface area contributed by atoms with E-state index < -0.39 is 15.9 Å². The van der Waals surface area contributed by atoms with Gasteiger partial charge in [0.2, 0.25) is 10.0 Å². The highest BCUT2D eigenvalue weighted by molar-refractivity contribution is 7.92. The minimum Gasteiger partial charge on any atom is -0.493 e. The Hall–Kier alpha value is -3.70. The van der Waals surface area contributed by atoms with Gasteiger partial charge < -0.3 is 4.74 Å². The van der Waals surface area contributed by atoms with Crippen molar-refractivity contribution in [3.63, 3.8) is 0 Å². The number of benzene rings is 2. The summed E-state index contributed by atoms with van der Waals surface area (Å²) in [6, 6.07) is 16.2. The SMILES string of the molecule is COc1cn(-c2ccccc2)nc1C(=O)Nc1nc(-c2ccc(NS(C)(=O)=O)cc2)cs1. The second kappa shape index (κ2) is 8.81. The van der Waals surface area contributed by atoms with Gasteiger partial charge in [0.15, 0.2) is 16.6 Å². The first kappa shape index (κ1) is 21.5. The second-order valence-corrected chi connectivity index (χ2v) is 9.38. The van der Waals surface area contributed by atoms with Crippen LogP contribution in [-0.2, 0) is 10.0 Å². The zero-order valence-corrected chi connectivity index (χ0v) is 18.8. The molecule has 1 amide bonds. The zero-order valence-electron chi connectivity index (χ0n) is 17.1. The number of aromatic nitrogens is 3. The summed E-state index contributed by atoms with van der Waals surface area (Å²) in [7, 11) is -1.86. The lowest BCUT2D eigenvalue weighted by molar-refractivity contribution is 0.101.